The Morgan fingerprint density at radius 2 is 1.96 bits per heavy atom. The molecule has 28 heavy (non-hydrogen) atoms. The Labute approximate surface area is 167 Å². The topological polar surface area (TPSA) is 63.2 Å². The molecule has 1 N–H and O–H groups in total. The van der Waals surface area contributed by atoms with Gasteiger partial charge in [0.15, 0.2) is 11.5 Å². The third-order valence-corrected chi connectivity index (χ3v) is 5.18. The minimum absolute atomic E-state index is 0.170. The molecule has 2 aromatic rings. The molecule has 0 saturated heterocycles. The SMILES string of the molecule is CNC(=O)N1N=Cc2c(c(F)cc(OC)c2OC)CC1(C)c1ccc(Cl)cc1. The minimum atomic E-state index is -0.965. The summed E-state index contributed by atoms with van der Waals surface area (Å²) in [6.45, 7) is 1.83. The van der Waals surface area contributed by atoms with Crippen molar-refractivity contribution in [1.29, 1.82) is 0 Å². The number of nitrogens with zero attached hydrogens (tertiary/aromatic N) is 2. The van der Waals surface area contributed by atoms with Crippen molar-refractivity contribution < 1.29 is 18.7 Å². The second kappa shape index (κ2) is 7.67. The first-order chi connectivity index (χ1) is 13.3. The van der Waals surface area contributed by atoms with E-state index in [4.69, 9.17) is 21.1 Å². The number of hydrogen-bond donors (Lipinski definition) is 1. The van der Waals surface area contributed by atoms with Crippen molar-refractivity contribution in [2.45, 2.75) is 18.9 Å². The lowest BCUT2D eigenvalue weighted by Gasteiger charge is -2.37. The van der Waals surface area contributed by atoms with Crippen molar-refractivity contribution in [3.63, 3.8) is 0 Å². The second-order valence-electron chi connectivity index (χ2n) is 6.56. The largest absolute Gasteiger partial charge is 0.493 e. The highest BCUT2D eigenvalue weighted by atomic mass is 35.5. The highest BCUT2D eigenvalue weighted by Gasteiger charge is 2.41. The molecule has 0 aromatic heterocycles. The fourth-order valence-corrected chi connectivity index (χ4v) is 3.55. The first-order valence-electron chi connectivity index (χ1n) is 8.61. The molecule has 1 aliphatic rings. The van der Waals surface area contributed by atoms with Crippen LogP contribution in [0.1, 0.15) is 23.6 Å². The summed E-state index contributed by atoms with van der Waals surface area (Å²) in [5, 5.41) is 8.83. The van der Waals surface area contributed by atoms with Crippen LogP contribution in [0.5, 0.6) is 11.5 Å². The number of urea groups is 1. The average Bonchev–Trinajstić information content (AvgIpc) is 2.85. The predicted molar refractivity (Wildman–Crippen MR) is 106 cm³/mol. The van der Waals surface area contributed by atoms with Crippen molar-refractivity contribution in [3.8, 4) is 11.5 Å². The monoisotopic (exact) mass is 405 g/mol. The Morgan fingerprint density at radius 3 is 2.54 bits per heavy atom. The molecule has 1 aliphatic heterocycles. The third-order valence-electron chi connectivity index (χ3n) is 4.93. The van der Waals surface area contributed by atoms with Crippen LogP contribution in [0.3, 0.4) is 0 Å². The Morgan fingerprint density at radius 1 is 1.29 bits per heavy atom. The van der Waals surface area contributed by atoms with Crippen molar-refractivity contribution in [3.05, 3.63) is 57.9 Å². The van der Waals surface area contributed by atoms with Gasteiger partial charge in [-0.25, -0.2) is 14.2 Å². The van der Waals surface area contributed by atoms with E-state index in [0.29, 0.717) is 21.9 Å². The van der Waals surface area contributed by atoms with E-state index in [-0.39, 0.29) is 12.2 Å². The molecule has 0 radical (unpaired) electrons. The molecule has 2 amide bonds. The zero-order valence-electron chi connectivity index (χ0n) is 16.0. The molecule has 0 spiro atoms. The first kappa shape index (κ1) is 19.9. The molecule has 0 aliphatic carbocycles. The first-order valence-corrected chi connectivity index (χ1v) is 8.98. The number of rotatable bonds is 3. The van der Waals surface area contributed by atoms with Crippen molar-refractivity contribution in [2.24, 2.45) is 5.10 Å². The number of halogens is 2. The van der Waals surface area contributed by atoms with E-state index < -0.39 is 17.4 Å². The fourth-order valence-electron chi connectivity index (χ4n) is 3.42. The predicted octanol–water partition coefficient (Wildman–Crippen LogP) is 3.94. The van der Waals surface area contributed by atoms with Crippen molar-refractivity contribution >= 4 is 23.8 Å². The van der Waals surface area contributed by atoms with Gasteiger partial charge < -0.3 is 14.8 Å². The molecule has 3 rings (SSSR count). The van der Waals surface area contributed by atoms with E-state index in [9.17, 15) is 4.79 Å². The zero-order valence-corrected chi connectivity index (χ0v) is 16.8. The normalized spacial score (nSPS) is 18.3. The van der Waals surface area contributed by atoms with Gasteiger partial charge in [0.1, 0.15) is 5.82 Å². The van der Waals surface area contributed by atoms with Crippen LogP contribution in [-0.2, 0) is 12.0 Å². The van der Waals surface area contributed by atoms with Crippen LogP contribution in [-0.4, -0.2) is 38.5 Å². The Bertz CT molecular complexity index is 933. The molecular formula is C20H21ClFN3O3. The van der Waals surface area contributed by atoms with Crippen LogP contribution in [0.4, 0.5) is 9.18 Å². The number of carbonyl (C=O) groups excluding carboxylic acids is 1. The molecule has 0 saturated carbocycles. The maximum Gasteiger partial charge on any atom is 0.338 e. The van der Waals surface area contributed by atoms with Gasteiger partial charge >= 0.3 is 6.03 Å². The zero-order chi connectivity index (χ0) is 20.5. The van der Waals surface area contributed by atoms with E-state index in [2.05, 4.69) is 10.4 Å². The molecule has 0 bridgehead atoms. The quantitative estimate of drug-likeness (QED) is 0.841. The second-order valence-corrected chi connectivity index (χ2v) is 6.99. The number of methoxy groups -OCH3 is 2. The Kier molecular flexibility index (Phi) is 5.47. The Balaban J connectivity index is 2.25. The summed E-state index contributed by atoms with van der Waals surface area (Å²) in [4.78, 5) is 12.6. The number of fused-ring (bicyclic) bond motifs is 1. The lowest BCUT2D eigenvalue weighted by molar-refractivity contribution is 0.128. The summed E-state index contributed by atoms with van der Waals surface area (Å²) in [5.41, 5.74) is 0.614. The molecule has 1 unspecified atom stereocenters. The van der Waals surface area contributed by atoms with Gasteiger partial charge in [-0.2, -0.15) is 5.10 Å². The number of hydrogen-bond acceptors (Lipinski definition) is 4. The van der Waals surface area contributed by atoms with Gasteiger partial charge in [0, 0.05) is 35.7 Å². The molecular weight excluding hydrogens is 385 g/mol. The summed E-state index contributed by atoms with van der Waals surface area (Å²) >= 11 is 6.02. The number of nitrogens with one attached hydrogen (secondary N) is 1. The number of ether oxygens (including phenoxy) is 2. The van der Waals surface area contributed by atoms with Gasteiger partial charge in [0.05, 0.1) is 26.0 Å². The summed E-state index contributed by atoms with van der Waals surface area (Å²) in [5.74, 6) is 0.157. The van der Waals surface area contributed by atoms with Crippen LogP contribution in [0.15, 0.2) is 35.4 Å². The highest BCUT2D eigenvalue weighted by molar-refractivity contribution is 6.30. The van der Waals surface area contributed by atoms with Gasteiger partial charge in [-0.3, -0.25) is 0 Å². The van der Waals surface area contributed by atoms with Crippen LogP contribution >= 0.6 is 11.6 Å². The maximum atomic E-state index is 15.0. The molecule has 148 valence electrons. The van der Waals surface area contributed by atoms with Crippen LogP contribution in [0.2, 0.25) is 5.02 Å². The average molecular weight is 406 g/mol. The van der Waals surface area contributed by atoms with Crippen LogP contribution in [0, 0.1) is 5.82 Å². The van der Waals surface area contributed by atoms with Crippen LogP contribution in [0.25, 0.3) is 0 Å². The lowest BCUT2D eigenvalue weighted by atomic mass is 9.83. The third kappa shape index (κ3) is 3.26. The standard InChI is InChI=1S/C20H21ClFN3O3/c1-20(12-5-7-13(21)8-6-12)10-14-15(11-24-25(20)19(26)23-2)18(28-4)17(27-3)9-16(14)22/h5-9,11H,10H2,1-4H3,(H,23,26). The number of benzene rings is 2. The highest BCUT2D eigenvalue weighted by Crippen LogP contribution is 2.41. The molecule has 6 nitrogen and oxygen atoms in total. The van der Waals surface area contributed by atoms with E-state index in [0.717, 1.165) is 5.56 Å². The molecule has 1 heterocycles. The number of amides is 2. The van der Waals surface area contributed by atoms with Gasteiger partial charge in [-0.15, -0.1) is 0 Å². The Hall–Kier alpha value is -2.80. The summed E-state index contributed by atoms with van der Waals surface area (Å²) in [7, 11) is 4.43. The lowest BCUT2D eigenvalue weighted by Crippen LogP contribution is -2.48. The summed E-state index contributed by atoms with van der Waals surface area (Å²) in [6.07, 6.45) is 1.60. The molecule has 1 atom stereocenters. The molecule has 8 heteroatoms. The molecule has 2 aromatic carbocycles. The van der Waals surface area contributed by atoms with Crippen molar-refractivity contribution in [1.82, 2.24) is 10.3 Å². The van der Waals surface area contributed by atoms with Gasteiger partial charge in [0.25, 0.3) is 0 Å². The van der Waals surface area contributed by atoms with E-state index in [1.54, 1.807) is 24.3 Å². The van der Waals surface area contributed by atoms with E-state index in [1.165, 1.54) is 38.6 Å². The minimum Gasteiger partial charge on any atom is -0.493 e. The van der Waals surface area contributed by atoms with Crippen molar-refractivity contribution in [2.75, 3.05) is 21.3 Å². The van der Waals surface area contributed by atoms with Gasteiger partial charge in [-0.05, 0) is 24.6 Å². The van der Waals surface area contributed by atoms with Gasteiger partial charge in [-0.1, -0.05) is 23.7 Å². The van der Waals surface area contributed by atoms with E-state index in [1.807, 2.05) is 6.92 Å². The van der Waals surface area contributed by atoms with Crippen LogP contribution < -0.4 is 14.8 Å². The summed E-state index contributed by atoms with van der Waals surface area (Å²) in [6, 6.07) is 7.92. The summed E-state index contributed by atoms with van der Waals surface area (Å²) < 4.78 is 25.7. The smallest absolute Gasteiger partial charge is 0.338 e. The molecule has 0 fully saturated rings. The maximum absolute atomic E-state index is 15.0. The number of hydrazone groups is 1. The fraction of sp³-hybridized carbons (Fsp3) is 0.300. The van der Waals surface area contributed by atoms with Gasteiger partial charge in [0.2, 0.25) is 0 Å². The number of carbonyl (C=O) groups is 1. The van der Waals surface area contributed by atoms with E-state index >= 15 is 4.39 Å².